The zero-order valence-corrected chi connectivity index (χ0v) is 13.0. The van der Waals surface area contributed by atoms with Crippen LogP contribution in [0.1, 0.15) is 42.2 Å². The molecular formula is C15H24N4O2. The highest BCUT2D eigenvalue weighted by molar-refractivity contribution is 5.95. The predicted molar refractivity (Wildman–Crippen MR) is 79.4 cm³/mol. The molecule has 116 valence electrons. The van der Waals surface area contributed by atoms with E-state index in [0.29, 0.717) is 11.6 Å². The number of aromatic amines is 1. The SMILES string of the molecule is CC(C)c1[nH]ncc1C(=O)N1CC[C@H]2OCCN(C)[C@@H]2C1. The molecule has 2 aliphatic heterocycles. The Bertz CT molecular complexity index is 514. The highest BCUT2D eigenvalue weighted by Gasteiger charge is 2.37. The molecule has 0 saturated carbocycles. The van der Waals surface area contributed by atoms with Gasteiger partial charge in [-0.05, 0) is 19.4 Å². The van der Waals surface area contributed by atoms with Gasteiger partial charge in [-0.3, -0.25) is 14.8 Å². The van der Waals surface area contributed by atoms with Crippen LogP contribution in [0.5, 0.6) is 0 Å². The number of hydrogen-bond acceptors (Lipinski definition) is 4. The molecule has 6 nitrogen and oxygen atoms in total. The Morgan fingerprint density at radius 3 is 3.05 bits per heavy atom. The molecule has 1 aromatic heterocycles. The molecule has 1 N–H and O–H groups in total. The summed E-state index contributed by atoms with van der Waals surface area (Å²) in [7, 11) is 2.12. The van der Waals surface area contributed by atoms with E-state index in [1.165, 1.54) is 0 Å². The summed E-state index contributed by atoms with van der Waals surface area (Å²) in [5.41, 5.74) is 1.64. The van der Waals surface area contributed by atoms with Gasteiger partial charge in [0.2, 0.25) is 0 Å². The highest BCUT2D eigenvalue weighted by Crippen LogP contribution is 2.24. The van der Waals surface area contributed by atoms with Crippen molar-refractivity contribution in [2.75, 3.05) is 33.3 Å². The third kappa shape index (κ3) is 2.70. The van der Waals surface area contributed by atoms with Gasteiger partial charge in [-0.1, -0.05) is 13.8 Å². The van der Waals surface area contributed by atoms with Gasteiger partial charge in [0.1, 0.15) is 0 Å². The predicted octanol–water partition coefficient (Wildman–Crippen LogP) is 1.08. The van der Waals surface area contributed by atoms with E-state index in [4.69, 9.17) is 4.74 Å². The first kappa shape index (κ1) is 14.5. The van der Waals surface area contributed by atoms with Gasteiger partial charge in [-0.25, -0.2) is 0 Å². The molecule has 2 saturated heterocycles. The molecule has 2 aliphatic rings. The number of likely N-dealkylation sites (tertiary alicyclic amines) is 1. The number of fused-ring (bicyclic) bond motifs is 1. The molecule has 6 heteroatoms. The number of likely N-dealkylation sites (N-methyl/N-ethyl adjacent to an activating group) is 1. The Kier molecular flexibility index (Phi) is 3.99. The van der Waals surface area contributed by atoms with Crippen LogP contribution in [0.25, 0.3) is 0 Å². The van der Waals surface area contributed by atoms with Crippen LogP contribution in [0.2, 0.25) is 0 Å². The minimum Gasteiger partial charge on any atom is -0.375 e. The molecule has 0 spiro atoms. The maximum Gasteiger partial charge on any atom is 0.257 e. The molecule has 2 fully saturated rings. The zero-order chi connectivity index (χ0) is 15.0. The summed E-state index contributed by atoms with van der Waals surface area (Å²) in [6, 6.07) is 0.311. The molecule has 0 aliphatic carbocycles. The van der Waals surface area contributed by atoms with Crippen LogP contribution in [0, 0.1) is 0 Å². The average molecular weight is 292 g/mol. The Balaban J connectivity index is 1.75. The van der Waals surface area contributed by atoms with Gasteiger partial charge in [0.25, 0.3) is 5.91 Å². The number of ether oxygens (including phenoxy) is 1. The number of nitrogens with zero attached hydrogens (tertiary/aromatic N) is 3. The van der Waals surface area contributed by atoms with Crippen molar-refractivity contribution in [2.45, 2.75) is 38.3 Å². The van der Waals surface area contributed by atoms with Crippen LogP contribution in [0.4, 0.5) is 0 Å². The molecule has 0 aromatic carbocycles. The van der Waals surface area contributed by atoms with Crippen LogP contribution in [-0.4, -0.2) is 71.3 Å². The fourth-order valence-electron chi connectivity index (χ4n) is 3.30. The number of hydrogen-bond donors (Lipinski definition) is 1. The average Bonchev–Trinajstić information content (AvgIpc) is 2.96. The van der Waals surface area contributed by atoms with Gasteiger partial charge < -0.3 is 9.64 Å². The lowest BCUT2D eigenvalue weighted by Gasteiger charge is -2.45. The van der Waals surface area contributed by atoms with Gasteiger partial charge in [0.15, 0.2) is 0 Å². The normalized spacial score (nSPS) is 27.0. The minimum absolute atomic E-state index is 0.0878. The molecule has 1 aromatic rings. The van der Waals surface area contributed by atoms with Crippen molar-refractivity contribution in [3.63, 3.8) is 0 Å². The van der Waals surface area contributed by atoms with Crippen LogP contribution in [0.15, 0.2) is 6.20 Å². The molecule has 0 bridgehead atoms. The molecule has 3 rings (SSSR count). The van der Waals surface area contributed by atoms with Crippen molar-refractivity contribution in [2.24, 2.45) is 0 Å². The van der Waals surface area contributed by atoms with E-state index in [0.717, 1.165) is 38.4 Å². The number of amides is 1. The Hall–Kier alpha value is -1.40. The molecule has 2 atom stereocenters. The van der Waals surface area contributed by atoms with Crippen LogP contribution in [-0.2, 0) is 4.74 Å². The Labute approximate surface area is 125 Å². The van der Waals surface area contributed by atoms with E-state index in [9.17, 15) is 4.79 Å². The van der Waals surface area contributed by atoms with Crippen molar-refractivity contribution in [3.05, 3.63) is 17.5 Å². The van der Waals surface area contributed by atoms with Gasteiger partial charge >= 0.3 is 0 Å². The van der Waals surface area contributed by atoms with Crippen LogP contribution < -0.4 is 0 Å². The van der Waals surface area contributed by atoms with E-state index >= 15 is 0 Å². The first-order valence-corrected chi connectivity index (χ1v) is 7.72. The maximum atomic E-state index is 12.8. The van der Waals surface area contributed by atoms with Crippen LogP contribution in [0.3, 0.4) is 0 Å². The van der Waals surface area contributed by atoms with E-state index in [1.807, 2.05) is 4.90 Å². The summed E-state index contributed by atoms with van der Waals surface area (Å²) in [6.07, 6.45) is 2.84. The first-order valence-electron chi connectivity index (χ1n) is 7.72. The second kappa shape index (κ2) is 5.77. The lowest BCUT2D eigenvalue weighted by molar-refractivity contribution is -0.0893. The number of carbonyl (C=O) groups is 1. The molecule has 0 unspecified atom stereocenters. The number of morpholine rings is 1. The van der Waals surface area contributed by atoms with E-state index in [2.05, 4.69) is 36.0 Å². The van der Waals surface area contributed by atoms with Gasteiger partial charge in [-0.2, -0.15) is 5.10 Å². The Morgan fingerprint density at radius 1 is 1.48 bits per heavy atom. The van der Waals surface area contributed by atoms with Gasteiger partial charge in [0, 0.05) is 19.6 Å². The standard InChI is InChI=1S/C15H24N4O2/c1-10(2)14-11(8-16-17-14)15(20)19-5-4-13-12(9-19)18(3)6-7-21-13/h8,10,12-13H,4-7,9H2,1-3H3,(H,16,17)/t12-,13-/m1/s1. The maximum absolute atomic E-state index is 12.8. The summed E-state index contributed by atoms with van der Waals surface area (Å²) in [5.74, 6) is 0.356. The Morgan fingerprint density at radius 2 is 2.29 bits per heavy atom. The summed E-state index contributed by atoms with van der Waals surface area (Å²) >= 11 is 0. The molecule has 21 heavy (non-hydrogen) atoms. The summed E-state index contributed by atoms with van der Waals surface area (Å²) in [4.78, 5) is 17.0. The second-order valence-corrected chi connectivity index (χ2v) is 6.35. The lowest BCUT2D eigenvalue weighted by Crippen LogP contribution is -2.59. The third-order valence-corrected chi connectivity index (χ3v) is 4.63. The highest BCUT2D eigenvalue weighted by atomic mass is 16.5. The summed E-state index contributed by atoms with van der Waals surface area (Å²) in [5, 5.41) is 7.01. The van der Waals surface area contributed by atoms with E-state index in [1.54, 1.807) is 6.20 Å². The van der Waals surface area contributed by atoms with Crippen molar-refractivity contribution in [1.82, 2.24) is 20.0 Å². The third-order valence-electron chi connectivity index (χ3n) is 4.63. The van der Waals surface area contributed by atoms with Crippen molar-refractivity contribution in [1.29, 1.82) is 0 Å². The minimum atomic E-state index is 0.0878. The lowest BCUT2D eigenvalue weighted by atomic mass is 9.98. The second-order valence-electron chi connectivity index (χ2n) is 6.35. The van der Waals surface area contributed by atoms with Crippen molar-refractivity contribution < 1.29 is 9.53 Å². The number of carbonyl (C=O) groups excluding carboxylic acids is 1. The fourth-order valence-corrected chi connectivity index (χ4v) is 3.30. The molecular weight excluding hydrogens is 268 g/mol. The fraction of sp³-hybridized carbons (Fsp3) is 0.733. The summed E-state index contributed by atoms with van der Waals surface area (Å²) in [6.45, 7) is 7.37. The first-order chi connectivity index (χ1) is 10.1. The summed E-state index contributed by atoms with van der Waals surface area (Å²) < 4.78 is 5.83. The quantitative estimate of drug-likeness (QED) is 0.886. The number of nitrogens with one attached hydrogen (secondary N) is 1. The monoisotopic (exact) mass is 292 g/mol. The van der Waals surface area contributed by atoms with E-state index < -0.39 is 0 Å². The largest absolute Gasteiger partial charge is 0.375 e. The number of H-pyrrole nitrogens is 1. The van der Waals surface area contributed by atoms with Crippen molar-refractivity contribution in [3.8, 4) is 0 Å². The number of rotatable bonds is 2. The zero-order valence-electron chi connectivity index (χ0n) is 13.0. The molecule has 0 radical (unpaired) electrons. The number of aromatic nitrogens is 2. The molecule has 3 heterocycles. The smallest absolute Gasteiger partial charge is 0.257 e. The van der Waals surface area contributed by atoms with E-state index in [-0.39, 0.29) is 17.9 Å². The van der Waals surface area contributed by atoms with Gasteiger partial charge in [0.05, 0.1) is 36.2 Å². The van der Waals surface area contributed by atoms with Crippen molar-refractivity contribution >= 4 is 5.91 Å². The molecule has 1 amide bonds. The number of piperidine rings is 1. The van der Waals surface area contributed by atoms with Crippen LogP contribution >= 0.6 is 0 Å². The van der Waals surface area contributed by atoms with Gasteiger partial charge in [-0.15, -0.1) is 0 Å². The topological polar surface area (TPSA) is 61.5 Å².